The number of benzene rings is 1. The first kappa shape index (κ1) is 12.3. The highest BCUT2D eigenvalue weighted by molar-refractivity contribution is 5.24. The van der Waals surface area contributed by atoms with Crippen LogP contribution in [-0.4, -0.2) is 21.3 Å². The normalized spacial score (nSPS) is 22.8. The average Bonchev–Trinajstić information content (AvgIpc) is 3.05. The summed E-state index contributed by atoms with van der Waals surface area (Å²) in [6.07, 6.45) is 0. The Labute approximate surface area is 113 Å². The lowest BCUT2D eigenvalue weighted by Crippen LogP contribution is -2.25. The summed E-state index contributed by atoms with van der Waals surface area (Å²) in [5.41, 5.74) is 7.88. The molecule has 0 saturated carbocycles. The van der Waals surface area contributed by atoms with Gasteiger partial charge in [0.05, 0.1) is 12.0 Å². The fraction of sp³-hybridized carbons (Fsp3) is 0.429. The molecule has 5 heteroatoms. The number of rotatable bonds is 3. The van der Waals surface area contributed by atoms with E-state index in [2.05, 4.69) is 52.1 Å². The van der Waals surface area contributed by atoms with E-state index in [9.17, 15) is 0 Å². The fourth-order valence-corrected chi connectivity index (χ4v) is 2.69. The van der Waals surface area contributed by atoms with Crippen molar-refractivity contribution in [2.24, 2.45) is 0 Å². The number of aromatic nitrogens is 3. The van der Waals surface area contributed by atoms with E-state index in [1.807, 2.05) is 17.7 Å². The van der Waals surface area contributed by atoms with Gasteiger partial charge in [-0.15, -0.1) is 0 Å². The molecule has 0 bridgehead atoms. The second kappa shape index (κ2) is 5.11. The largest absolute Gasteiger partial charge is 0.256 e. The molecule has 19 heavy (non-hydrogen) atoms. The van der Waals surface area contributed by atoms with Crippen molar-refractivity contribution in [3.05, 3.63) is 47.5 Å². The molecule has 1 saturated heterocycles. The molecule has 1 fully saturated rings. The van der Waals surface area contributed by atoms with Gasteiger partial charge in [-0.2, -0.15) is 5.10 Å². The lowest BCUT2D eigenvalue weighted by atomic mass is 9.94. The molecule has 5 nitrogen and oxygen atoms in total. The van der Waals surface area contributed by atoms with Crippen LogP contribution >= 0.6 is 0 Å². The number of nitrogens with one attached hydrogen (secondary N) is 2. The van der Waals surface area contributed by atoms with Gasteiger partial charge in [0.2, 0.25) is 0 Å². The first-order valence-electron chi connectivity index (χ1n) is 6.74. The van der Waals surface area contributed by atoms with E-state index in [-0.39, 0.29) is 6.04 Å². The highest BCUT2D eigenvalue weighted by Crippen LogP contribution is 2.32. The lowest BCUT2D eigenvalue weighted by molar-refractivity contribution is 0.508. The molecule has 1 aliphatic rings. The predicted molar refractivity (Wildman–Crippen MR) is 73.5 cm³/mol. The van der Waals surface area contributed by atoms with Gasteiger partial charge in [0.15, 0.2) is 0 Å². The molecular weight excluding hydrogens is 238 g/mol. The third-order valence-corrected chi connectivity index (χ3v) is 3.58. The fourth-order valence-electron chi connectivity index (χ4n) is 2.69. The Kier molecular flexibility index (Phi) is 3.31. The van der Waals surface area contributed by atoms with Crippen LogP contribution in [0.4, 0.5) is 0 Å². The van der Waals surface area contributed by atoms with Crippen LogP contribution in [0.15, 0.2) is 30.3 Å². The number of hydrazine groups is 1. The molecule has 2 aromatic rings. The van der Waals surface area contributed by atoms with Gasteiger partial charge < -0.3 is 0 Å². The van der Waals surface area contributed by atoms with E-state index in [1.165, 1.54) is 5.56 Å². The van der Waals surface area contributed by atoms with Crippen LogP contribution in [0.25, 0.3) is 0 Å². The molecule has 2 heterocycles. The Balaban J connectivity index is 1.95. The molecule has 2 unspecified atom stereocenters. The summed E-state index contributed by atoms with van der Waals surface area (Å²) >= 11 is 0. The topological polar surface area (TPSA) is 54.8 Å². The minimum Gasteiger partial charge on any atom is -0.256 e. The first-order valence-corrected chi connectivity index (χ1v) is 6.74. The van der Waals surface area contributed by atoms with Gasteiger partial charge in [0.25, 0.3) is 0 Å². The zero-order chi connectivity index (χ0) is 13.2. The van der Waals surface area contributed by atoms with Gasteiger partial charge in [-0.25, -0.2) is 15.1 Å². The molecule has 3 rings (SSSR count). The van der Waals surface area contributed by atoms with E-state index in [0.29, 0.717) is 5.92 Å². The maximum absolute atomic E-state index is 4.61. The maximum Gasteiger partial charge on any atom is 0.147 e. The maximum atomic E-state index is 4.61. The zero-order valence-electron chi connectivity index (χ0n) is 11.3. The summed E-state index contributed by atoms with van der Waals surface area (Å²) in [7, 11) is 0. The zero-order valence-corrected chi connectivity index (χ0v) is 11.3. The highest BCUT2D eigenvalue weighted by Gasteiger charge is 2.33. The van der Waals surface area contributed by atoms with Crippen molar-refractivity contribution in [3.8, 4) is 0 Å². The second-order valence-electron chi connectivity index (χ2n) is 4.85. The Morgan fingerprint density at radius 2 is 2.11 bits per heavy atom. The van der Waals surface area contributed by atoms with Crippen molar-refractivity contribution in [1.82, 2.24) is 25.6 Å². The van der Waals surface area contributed by atoms with Crippen LogP contribution in [0, 0.1) is 6.92 Å². The summed E-state index contributed by atoms with van der Waals surface area (Å²) < 4.78 is 2.00. The SMILES string of the molecule is CCn1nc(C)nc1C1CNNC1c1ccccc1. The van der Waals surface area contributed by atoms with E-state index in [4.69, 9.17) is 0 Å². The summed E-state index contributed by atoms with van der Waals surface area (Å²) in [5, 5.41) is 4.45. The highest BCUT2D eigenvalue weighted by atomic mass is 15.4. The molecular formula is C14H19N5. The minimum absolute atomic E-state index is 0.245. The van der Waals surface area contributed by atoms with Crippen LogP contribution in [0.2, 0.25) is 0 Å². The molecule has 0 aliphatic carbocycles. The van der Waals surface area contributed by atoms with Crippen molar-refractivity contribution in [2.75, 3.05) is 6.54 Å². The molecule has 1 aromatic heterocycles. The van der Waals surface area contributed by atoms with E-state index in [0.717, 1.165) is 24.7 Å². The Hall–Kier alpha value is -1.72. The Morgan fingerprint density at radius 3 is 2.84 bits per heavy atom. The van der Waals surface area contributed by atoms with Gasteiger partial charge in [-0.05, 0) is 19.4 Å². The molecule has 1 aliphatic heterocycles. The lowest BCUT2D eigenvalue weighted by Gasteiger charge is -2.18. The summed E-state index contributed by atoms with van der Waals surface area (Å²) in [5.74, 6) is 2.21. The van der Waals surface area contributed by atoms with Crippen molar-refractivity contribution in [3.63, 3.8) is 0 Å². The summed E-state index contributed by atoms with van der Waals surface area (Å²) in [6, 6.07) is 10.7. The van der Waals surface area contributed by atoms with Crippen LogP contribution in [0.5, 0.6) is 0 Å². The number of nitrogens with zero attached hydrogens (tertiary/aromatic N) is 3. The molecule has 2 N–H and O–H groups in total. The van der Waals surface area contributed by atoms with Crippen molar-refractivity contribution in [2.45, 2.75) is 32.4 Å². The molecule has 100 valence electrons. The van der Waals surface area contributed by atoms with Gasteiger partial charge in [0.1, 0.15) is 11.6 Å². The molecule has 2 atom stereocenters. The molecule has 1 aromatic carbocycles. The molecule has 0 amide bonds. The Bertz CT molecular complexity index is 548. The third kappa shape index (κ3) is 2.27. The van der Waals surface area contributed by atoms with Crippen LogP contribution < -0.4 is 10.9 Å². The van der Waals surface area contributed by atoms with Gasteiger partial charge in [-0.3, -0.25) is 5.43 Å². The third-order valence-electron chi connectivity index (χ3n) is 3.58. The quantitative estimate of drug-likeness (QED) is 0.875. The van der Waals surface area contributed by atoms with E-state index >= 15 is 0 Å². The molecule has 0 radical (unpaired) electrons. The van der Waals surface area contributed by atoms with Crippen molar-refractivity contribution >= 4 is 0 Å². The van der Waals surface area contributed by atoms with E-state index < -0.39 is 0 Å². The standard InChI is InChI=1S/C14H19N5/c1-3-19-14(16-10(2)18-19)12-9-15-17-13(12)11-7-5-4-6-8-11/h4-8,12-13,15,17H,3,9H2,1-2H3. The monoisotopic (exact) mass is 257 g/mol. The van der Waals surface area contributed by atoms with Gasteiger partial charge >= 0.3 is 0 Å². The van der Waals surface area contributed by atoms with Gasteiger partial charge in [-0.1, -0.05) is 30.3 Å². The van der Waals surface area contributed by atoms with E-state index in [1.54, 1.807) is 0 Å². The number of aryl methyl sites for hydroxylation is 2. The first-order chi connectivity index (χ1) is 9.29. The van der Waals surface area contributed by atoms with Crippen molar-refractivity contribution in [1.29, 1.82) is 0 Å². The summed E-state index contributed by atoms with van der Waals surface area (Å²) in [4.78, 5) is 4.61. The number of hydrogen-bond donors (Lipinski definition) is 2. The smallest absolute Gasteiger partial charge is 0.147 e. The summed E-state index contributed by atoms with van der Waals surface area (Å²) in [6.45, 7) is 5.78. The van der Waals surface area contributed by atoms with Crippen LogP contribution in [0.1, 0.15) is 36.1 Å². The Morgan fingerprint density at radius 1 is 1.32 bits per heavy atom. The average molecular weight is 257 g/mol. The number of hydrogen-bond acceptors (Lipinski definition) is 4. The second-order valence-corrected chi connectivity index (χ2v) is 4.85. The minimum atomic E-state index is 0.245. The molecule has 0 spiro atoms. The van der Waals surface area contributed by atoms with Gasteiger partial charge in [0, 0.05) is 13.1 Å². The van der Waals surface area contributed by atoms with Crippen LogP contribution in [0.3, 0.4) is 0 Å². The van der Waals surface area contributed by atoms with Crippen molar-refractivity contribution < 1.29 is 0 Å². The van der Waals surface area contributed by atoms with Crippen LogP contribution in [-0.2, 0) is 6.54 Å². The predicted octanol–water partition coefficient (Wildman–Crippen LogP) is 1.54.